The summed E-state index contributed by atoms with van der Waals surface area (Å²) in [6, 6.07) is 0. The Hall–Kier alpha value is -0.160. The highest BCUT2D eigenvalue weighted by Crippen LogP contribution is 2.62. The smallest absolute Gasteiger partial charge is 0.174 e. The van der Waals surface area contributed by atoms with Gasteiger partial charge < -0.3 is 19.3 Å². The molecule has 2 atom stereocenters. The van der Waals surface area contributed by atoms with Gasteiger partial charge in [0.15, 0.2) is 11.6 Å². The maximum Gasteiger partial charge on any atom is 0.174 e. The Labute approximate surface area is 94.9 Å². The molecule has 0 amide bonds. The first-order valence-electron chi connectivity index (χ1n) is 6.24. The molecule has 4 heteroatoms. The lowest BCUT2D eigenvalue weighted by atomic mass is 9.58. The molecule has 0 aromatic rings. The van der Waals surface area contributed by atoms with Gasteiger partial charge in [0.1, 0.15) is 0 Å². The fraction of sp³-hybridized carbons (Fsp3) is 1.00. The molecule has 3 heterocycles. The Morgan fingerprint density at radius 2 is 1.56 bits per heavy atom. The SMILES string of the molecule is CC12CC3CC(O)(CC(C1)C31OCCO1)O2. The van der Waals surface area contributed by atoms with Crippen LogP contribution in [0.5, 0.6) is 0 Å². The average Bonchev–Trinajstić information content (AvgIpc) is 2.60. The van der Waals surface area contributed by atoms with Crippen molar-refractivity contribution in [3.05, 3.63) is 0 Å². The Morgan fingerprint density at radius 1 is 1.00 bits per heavy atom. The second-order valence-corrected chi connectivity index (χ2v) is 6.13. The third-order valence-corrected chi connectivity index (χ3v) is 4.80. The van der Waals surface area contributed by atoms with Crippen LogP contribution in [0.4, 0.5) is 0 Å². The van der Waals surface area contributed by atoms with Gasteiger partial charge in [-0.25, -0.2) is 0 Å². The van der Waals surface area contributed by atoms with Gasteiger partial charge in [0.25, 0.3) is 0 Å². The van der Waals surface area contributed by atoms with E-state index in [9.17, 15) is 5.11 Å². The summed E-state index contributed by atoms with van der Waals surface area (Å²) in [4.78, 5) is 0. The summed E-state index contributed by atoms with van der Waals surface area (Å²) in [6.07, 6.45) is 3.23. The predicted octanol–water partition coefficient (Wildman–Crippen LogP) is 1.03. The maximum absolute atomic E-state index is 10.4. The molecule has 1 N–H and O–H groups in total. The Balaban J connectivity index is 1.77. The van der Waals surface area contributed by atoms with Gasteiger partial charge in [0, 0.05) is 24.7 Å². The fourth-order valence-corrected chi connectivity index (χ4v) is 4.57. The van der Waals surface area contributed by atoms with Gasteiger partial charge in [-0.2, -0.15) is 0 Å². The van der Waals surface area contributed by atoms with Gasteiger partial charge >= 0.3 is 0 Å². The van der Waals surface area contributed by atoms with Gasteiger partial charge in [0.2, 0.25) is 0 Å². The quantitative estimate of drug-likeness (QED) is 0.670. The molecule has 3 aliphatic heterocycles. The summed E-state index contributed by atoms with van der Waals surface area (Å²) in [6.45, 7) is 3.50. The van der Waals surface area contributed by atoms with E-state index >= 15 is 0 Å². The van der Waals surface area contributed by atoms with Gasteiger partial charge in [-0.3, -0.25) is 0 Å². The van der Waals surface area contributed by atoms with Crippen molar-refractivity contribution >= 4 is 0 Å². The van der Waals surface area contributed by atoms with Crippen LogP contribution in [0.3, 0.4) is 0 Å². The highest BCUT2D eigenvalue weighted by atomic mass is 16.7. The summed E-state index contributed by atoms with van der Waals surface area (Å²) < 4.78 is 17.7. The highest BCUT2D eigenvalue weighted by molar-refractivity contribution is 5.11. The van der Waals surface area contributed by atoms with Crippen LogP contribution in [0, 0.1) is 11.8 Å². The molecule has 0 aromatic heterocycles. The Kier molecular flexibility index (Phi) is 1.62. The van der Waals surface area contributed by atoms with Crippen LogP contribution in [0.2, 0.25) is 0 Å². The molecule has 16 heavy (non-hydrogen) atoms. The molecule has 2 aliphatic carbocycles. The van der Waals surface area contributed by atoms with E-state index in [-0.39, 0.29) is 5.60 Å². The average molecular weight is 226 g/mol. The van der Waals surface area contributed by atoms with E-state index in [1.54, 1.807) is 0 Å². The van der Waals surface area contributed by atoms with Crippen molar-refractivity contribution in [1.29, 1.82) is 0 Å². The van der Waals surface area contributed by atoms with Crippen molar-refractivity contribution in [2.45, 2.75) is 49.8 Å². The van der Waals surface area contributed by atoms with Crippen molar-refractivity contribution in [1.82, 2.24) is 0 Å². The molecule has 4 bridgehead atoms. The van der Waals surface area contributed by atoms with E-state index in [1.807, 2.05) is 0 Å². The van der Waals surface area contributed by atoms with Crippen LogP contribution in [-0.4, -0.2) is 35.5 Å². The third kappa shape index (κ3) is 1.04. The first-order valence-corrected chi connectivity index (χ1v) is 6.24. The molecule has 5 fully saturated rings. The largest absolute Gasteiger partial charge is 0.365 e. The number of hydrogen-bond donors (Lipinski definition) is 1. The van der Waals surface area contributed by atoms with Crippen molar-refractivity contribution in [3.63, 3.8) is 0 Å². The molecular formula is C12H18O4. The molecular weight excluding hydrogens is 208 g/mol. The van der Waals surface area contributed by atoms with Crippen molar-refractivity contribution in [3.8, 4) is 0 Å². The van der Waals surface area contributed by atoms with E-state index in [1.165, 1.54) is 0 Å². The molecule has 5 rings (SSSR count). The molecule has 90 valence electrons. The van der Waals surface area contributed by atoms with Gasteiger partial charge in [-0.05, 0) is 19.8 Å². The van der Waals surface area contributed by atoms with E-state index < -0.39 is 11.6 Å². The fourth-order valence-electron chi connectivity index (χ4n) is 4.57. The van der Waals surface area contributed by atoms with Crippen LogP contribution < -0.4 is 0 Å². The minimum Gasteiger partial charge on any atom is -0.365 e. The number of hydrogen-bond acceptors (Lipinski definition) is 4. The van der Waals surface area contributed by atoms with Gasteiger partial charge in [-0.1, -0.05) is 0 Å². The molecule has 4 nitrogen and oxygen atoms in total. The second-order valence-electron chi connectivity index (χ2n) is 6.13. The number of ether oxygens (including phenoxy) is 3. The zero-order valence-electron chi connectivity index (χ0n) is 9.57. The first kappa shape index (κ1) is 9.83. The first-order chi connectivity index (χ1) is 7.54. The molecule has 0 aromatic carbocycles. The monoisotopic (exact) mass is 226 g/mol. The molecule has 3 saturated heterocycles. The van der Waals surface area contributed by atoms with Gasteiger partial charge in [-0.15, -0.1) is 0 Å². The summed E-state index contributed by atoms with van der Waals surface area (Å²) in [5.41, 5.74) is -0.166. The summed E-state index contributed by atoms with van der Waals surface area (Å²) in [5.74, 6) is -0.714. The molecule has 1 spiro atoms. The summed E-state index contributed by atoms with van der Waals surface area (Å²) in [5, 5.41) is 10.4. The van der Waals surface area contributed by atoms with Crippen LogP contribution in [-0.2, 0) is 14.2 Å². The number of rotatable bonds is 0. The molecule has 2 saturated carbocycles. The van der Waals surface area contributed by atoms with E-state index in [0.29, 0.717) is 37.9 Å². The topological polar surface area (TPSA) is 47.9 Å². The lowest BCUT2D eigenvalue weighted by molar-refractivity contribution is -0.416. The zero-order valence-corrected chi connectivity index (χ0v) is 9.57. The van der Waals surface area contributed by atoms with Crippen molar-refractivity contribution < 1.29 is 19.3 Å². The van der Waals surface area contributed by atoms with E-state index in [2.05, 4.69) is 6.92 Å². The highest BCUT2D eigenvalue weighted by Gasteiger charge is 2.68. The lowest BCUT2D eigenvalue weighted by Gasteiger charge is -2.64. The third-order valence-electron chi connectivity index (χ3n) is 4.80. The minimum atomic E-state index is -0.916. The van der Waals surface area contributed by atoms with Gasteiger partial charge in [0.05, 0.1) is 18.8 Å². The molecule has 5 aliphatic rings. The standard InChI is InChI=1S/C12H18O4/c1-10-4-8-6-11(13,16-10)7-9(5-10)12(8)14-2-3-15-12/h8-9,13H,2-7H2,1H3. The lowest BCUT2D eigenvalue weighted by Crippen LogP contribution is -2.70. The maximum atomic E-state index is 10.4. The molecule has 2 unspecified atom stereocenters. The van der Waals surface area contributed by atoms with Crippen LogP contribution in [0.25, 0.3) is 0 Å². The van der Waals surface area contributed by atoms with Crippen LogP contribution in [0.1, 0.15) is 32.6 Å². The normalized spacial score (nSPS) is 57.4. The Bertz CT molecular complexity index is 296. The van der Waals surface area contributed by atoms with E-state index in [4.69, 9.17) is 14.2 Å². The van der Waals surface area contributed by atoms with Crippen LogP contribution in [0.15, 0.2) is 0 Å². The Morgan fingerprint density at radius 3 is 2.06 bits per heavy atom. The van der Waals surface area contributed by atoms with E-state index in [0.717, 1.165) is 12.8 Å². The second kappa shape index (κ2) is 2.64. The summed E-state index contributed by atoms with van der Waals surface area (Å²) >= 11 is 0. The number of aliphatic hydroxyl groups is 1. The zero-order chi connectivity index (χ0) is 11.0. The van der Waals surface area contributed by atoms with Crippen LogP contribution >= 0.6 is 0 Å². The molecule has 0 radical (unpaired) electrons. The van der Waals surface area contributed by atoms with Crippen molar-refractivity contribution in [2.24, 2.45) is 11.8 Å². The summed E-state index contributed by atoms with van der Waals surface area (Å²) in [7, 11) is 0. The minimum absolute atomic E-state index is 0.166. The predicted molar refractivity (Wildman–Crippen MR) is 54.5 cm³/mol. The van der Waals surface area contributed by atoms with Crippen molar-refractivity contribution in [2.75, 3.05) is 13.2 Å².